The number of nitrogens with zero attached hydrogens (tertiary/aromatic N) is 1. The third-order valence-corrected chi connectivity index (χ3v) is 7.34. The van der Waals surface area contributed by atoms with Crippen LogP contribution in [0.3, 0.4) is 0 Å². The van der Waals surface area contributed by atoms with Crippen molar-refractivity contribution in [3.8, 4) is 0 Å². The number of carbonyl (C=O) groups is 2. The number of hydrogen-bond donors (Lipinski definition) is 3. The van der Waals surface area contributed by atoms with Crippen LogP contribution in [0.4, 0.5) is 4.79 Å². The van der Waals surface area contributed by atoms with Gasteiger partial charge in [-0.05, 0) is 68.1 Å². The number of urea groups is 1. The summed E-state index contributed by atoms with van der Waals surface area (Å²) in [7, 11) is 1.53. The number of hydrogen-bond acceptors (Lipinski definition) is 5. The highest BCUT2D eigenvalue weighted by molar-refractivity contribution is 5.78. The number of nitrogens with one attached hydrogen (secondary N) is 1. The van der Waals surface area contributed by atoms with Crippen molar-refractivity contribution in [1.29, 1.82) is 0 Å². The van der Waals surface area contributed by atoms with Crippen LogP contribution in [0, 0.1) is 23.2 Å². The van der Waals surface area contributed by atoms with Gasteiger partial charge in [-0.25, -0.2) is 4.79 Å². The highest BCUT2D eigenvalue weighted by atomic mass is 16.5. The maximum Gasteiger partial charge on any atom is 0.323 e. The smallest absolute Gasteiger partial charge is 0.323 e. The number of aliphatic hydroxyl groups is 2. The van der Waals surface area contributed by atoms with Gasteiger partial charge >= 0.3 is 6.03 Å². The van der Waals surface area contributed by atoms with Crippen LogP contribution in [-0.2, 0) is 9.53 Å². The Bertz CT molecular complexity index is 613. The Labute approximate surface area is 166 Å². The number of ether oxygens (including phenoxy) is 1. The average molecular weight is 392 g/mol. The van der Waals surface area contributed by atoms with Crippen LogP contribution in [0.1, 0.15) is 51.4 Å². The van der Waals surface area contributed by atoms with E-state index in [0.717, 1.165) is 24.0 Å². The third kappa shape index (κ3) is 3.72. The van der Waals surface area contributed by atoms with E-state index in [-0.39, 0.29) is 24.5 Å². The Morgan fingerprint density at radius 3 is 2.25 bits per heavy atom. The molecule has 5 rings (SSSR count). The number of carbonyl (C=O) groups excluding carboxylic acids is 2. The van der Waals surface area contributed by atoms with Gasteiger partial charge in [0, 0.05) is 25.2 Å². The topological polar surface area (TPSA) is 99.1 Å². The van der Waals surface area contributed by atoms with Crippen molar-refractivity contribution >= 4 is 12.3 Å². The fourth-order valence-electron chi connectivity index (χ4n) is 6.69. The molecule has 3 atom stereocenters. The zero-order valence-corrected chi connectivity index (χ0v) is 16.5. The summed E-state index contributed by atoms with van der Waals surface area (Å²) in [5.41, 5.74) is 0.801. The molecule has 5 aliphatic rings. The molecule has 0 spiro atoms. The molecule has 2 amide bonds. The van der Waals surface area contributed by atoms with Crippen LogP contribution in [0.5, 0.6) is 0 Å². The molecule has 4 saturated carbocycles. The molecule has 5 fully saturated rings. The average Bonchev–Trinajstić information content (AvgIpc) is 3.03. The van der Waals surface area contributed by atoms with E-state index < -0.39 is 18.4 Å². The number of rotatable bonds is 6. The quantitative estimate of drug-likeness (QED) is 0.473. The molecule has 7 nitrogen and oxygen atoms in total. The van der Waals surface area contributed by atoms with Crippen LogP contribution in [0.15, 0.2) is 11.8 Å². The first-order chi connectivity index (χ1) is 13.4. The summed E-state index contributed by atoms with van der Waals surface area (Å²) in [4.78, 5) is 25.7. The molecule has 1 saturated heterocycles. The summed E-state index contributed by atoms with van der Waals surface area (Å²) in [5.74, 6) is 2.40. The lowest BCUT2D eigenvalue weighted by Gasteiger charge is -2.57. The second-order valence-corrected chi connectivity index (χ2v) is 9.49. The molecule has 0 unspecified atom stereocenters. The van der Waals surface area contributed by atoms with Gasteiger partial charge in [-0.2, -0.15) is 0 Å². The van der Waals surface area contributed by atoms with Crippen molar-refractivity contribution < 1.29 is 24.5 Å². The van der Waals surface area contributed by atoms with Crippen LogP contribution in [0.2, 0.25) is 0 Å². The molecule has 0 aromatic heterocycles. The first-order valence-corrected chi connectivity index (χ1v) is 10.6. The van der Waals surface area contributed by atoms with Gasteiger partial charge in [0.15, 0.2) is 0 Å². The minimum atomic E-state index is -0.835. The van der Waals surface area contributed by atoms with Gasteiger partial charge in [0.2, 0.25) is 0 Å². The fraction of sp³-hybridized carbons (Fsp3) is 0.810. The normalized spacial score (nSPS) is 41.9. The van der Waals surface area contributed by atoms with Gasteiger partial charge in [-0.1, -0.05) is 0 Å². The molecule has 4 aliphatic carbocycles. The van der Waals surface area contributed by atoms with Crippen LogP contribution >= 0.6 is 0 Å². The van der Waals surface area contributed by atoms with Gasteiger partial charge in [0.05, 0.1) is 12.7 Å². The molecule has 156 valence electrons. The van der Waals surface area contributed by atoms with Gasteiger partial charge < -0.3 is 20.3 Å². The number of aldehydes is 1. The van der Waals surface area contributed by atoms with E-state index >= 15 is 0 Å². The largest absolute Gasteiger partial charge is 0.394 e. The molecule has 1 aliphatic heterocycles. The number of allylic oxidation sites excluding steroid dienone is 1. The second kappa shape index (κ2) is 7.76. The standard InChI is InChI=1S/C21H32N2O5/c1-22-20(27)23(19-5-17(26)18(12-25)28-19)10-16(11-24)9-21-6-13-2-14(7-21)4-15(3-13)8-21/h10-11,13-15,17-19,25-26H,2-9,12H2,1H3,(H,22,27)/b16-10-/t13?,14?,15?,17-,18+,19+,21?/m0/s1. The lowest BCUT2D eigenvalue weighted by molar-refractivity contribution is -0.106. The molecule has 0 aromatic carbocycles. The Hall–Kier alpha value is -1.44. The van der Waals surface area contributed by atoms with Crippen LogP contribution in [0.25, 0.3) is 0 Å². The van der Waals surface area contributed by atoms with Crippen molar-refractivity contribution in [3.63, 3.8) is 0 Å². The predicted octanol–water partition coefficient (Wildman–Crippen LogP) is 1.79. The zero-order chi connectivity index (χ0) is 19.9. The highest BCUT2D eigenvalue weighted by Crippen LogP contribution is 2.61. The maximum absolute atomic E-state index is 12.4. The lowest BCUT2D eigenvalue weighted by atomic mass is 9.48. The number of amides is 2. The van der Waals surface area contributed by atoms with Gasteiger partial charge in [0.25, 0.3) is 0 Å². The molecule has 1 heterocycles. The molecule has 3 N–H and O–H groups in total. The second-order valence-electron chi connectivity index (χ2n) is 9.49. The molecular formula is C21H32N2O5. The van der Waals surface area contributed by atoms with E-state index in [1.165, 1.54) is 50.5 Å². The summed E-state index contributed by atoms with van der Waals surface area (Å²) in [6.07, 6.45) is 8.74. The first-order valence-electron chi connectivity index (χ1n) is 10.6. The Morgan fingerprint density at radius 2 is 1.79 bits per heavy atom. The molecule has 0 aromatic rings. The molecule has 7 heteroatoms. The van der Waals surface area contributed by atoms with E-state index in [1.807, 2.05) is 0 Å². The van der Waals surface area contributed by atoms with Crippen molar-refractivity contribution in [2.45, 2.75) is 69.8 Å². The summed E-state index contributed by atoms with van der Waals surface area (Å²) in [6.45, 7) is -0.309. The van der Waals surface area contributed by atoms with Crippen LogP contribution < -0.4 is 5.32 Å². The van der Waals surface area contributed by atoms with Gasteiger partial charge in [-0.3, -0.25) is 9.69 Å². The van der Waals surface area contributed by atoms with Gasteiger partial charge in [0.1, 0.15) is 18.6 Å². The summed E-state index contributed by atoms with van der Waals surface area (Å²) >= 11 is 0. The molecule has 4 bridgehead atoms. The third-order valence-electron chi connectivity index (χ3n) is 7.34. The molecule has 0 radical (unpaired) electrons. The van der Waals surface area contributed by atoms with Crippen LogP contribution in [-0.4, -0.2) is 59.5 Å². The Morgan fingerprint density at radius 1 is 1.18 bits per heavy atom. The highest BCUT2D eigenvalue weighted by Gasteiger charge is 2.51. The van der Waals surface area contributed by atoms with E-state index in [0.29, 0.717) is 12.0 Å². The van der Waals surface area contributed by atoms with Gasteiger partial charge in [-0.15, -0.1) is 0 Å². The Balaban J connectivity index is 1.53. The van der Waals surface area contributed by atoms with E-state index in [9.17, 15) is 19.8 Å². The van der Waals surface area contributed by atoms with E-state index in [2.05, 4.69) is 5.32 Å². The molecule has 28 heavy (non-hydrogen) atoms. The van der Waals surface area contributed by atoms with Crippen molar-refractivity contribution in [2.75, 3.05) is 13.7 Å². The lowest BCUT2D eigenvalue weighted by Crippen LogP contribution is -2.46. The maximum atomic E-state index is 12.4. The first kappa shape index (κ1) is 19.9. The minimum absolute atomic E-state index is 0.194. The Kier molecular flexibility index (Phi) is 5.51. The SMILES string of the molecule is CNC(=O)N(/C=C(\C=O)CC12CC3CC(CC(C3)C1)C2)[C@H]1C[C@H](O)[C@@H](CO)O1. The zero-order valence-electron chi connectivity index (χ0n) is 16.5. The number of aliphatic hydroxyl groups excluding tert-OH is 2. The van der Waals surface area contributed by atoms with Crippen molar-refractivity contribution in [3.05, 3.63) is 11.8 Å². The summed E-state index contributed by atoms with van der Waals surface area (Å²) in [6, 6.07) is -0.388. The van der Waals surface area contributed by atoms with E-state index in [4.69, 9.17) is 4.74 Å². The monoisotopic (exact) mass is 392 g/mol. The van der Waals surface area contributed by atoms with E-state index in [1.54, 1.807) is 6.20 Å². The fourth-order valence-corrected chi connectivity index (χ4v) is 6.69. The van der Waals surface area contributed by atoms with Crippen molar-refractivity contribution in [1.82, 2.24) is 10.2 Å². The van der Waals surface area contributed by atoms with Crippen molar-refractivity contribution in [2.24, 2.45) is 23.2 Å². The minimum Gasteiger partial charge on any atom is -0.394 e. The molecular weight excluding hydrogens is 360 g/mol. The summed E-state index contributed by atoms with van der Waals surface area (Å²) in [5, 5.41) is 21.9. The summed E-state index contributed by atoms with van der Waals surface area (Å²) < 4.78 is 5.65. The predicted molar refractivity (Wildman–Crippen MR) is 102 cm³/mol.